The molecule has 0 unspecified atom stereocenters. The molecule has 1 heterocycles. The summed E-state index contributed by atoms with van der Waals surface area (Å²) in [7, 11) is -2.00. The number of aromatic nitrogens is 1. The van der Waals surface area contributed by atoms with Gasteiger partial charge >= 0.3 is 0 Å². The molecule has 0 bridgehead atoms. The number of hydrogen-bond acceptors (Lipinski definition) is 2. The maximum absolute atomic E-state index is 7.11. The van der Waals surface area contributed by atoms with Gasteiger partial charge in [0.15, 0.2) is 0 Å². The van der Waals surface area contributed by atoms with Crippen LogP contribution in [0.15, 0.2) is 36.4 Å². The molecule has 0 saturated carbocycles. The molecule has 0 radical (unpaired) electrons. The first-order chi connectivity index (χ1) is 15.4. The van der Waals surface area contributed by atoms with E-state index in [9.17, 15) is 0 Å². The lowest BCUT2D eigenvalue weighted by atomic mass is 9.99. The number of nitrogens with two attached hydrogens (primary N) is 1. The van der Waals surface area contributed by atoms with E-state index >= 15 is 0 Å². The number of hydrogen-bond donors (Lipinski definition) is 1. The van der Waals surface area contributed by atoms with Crippen LogP contribution in [-0.4, -0.2) is 12.9 Å². The van der Waals surface area contributed by atoms with Crippen molar-refractivity contribution in [3.63, 3.8) is 0 Å². The Morgan fingerprint density at radius 2 is 1.45 bits per heavy atom. The van der Waals surface area contributed by atoms with Gasteiger partial charge in [-0.2, -0.15) is 0 Å². The second-order valence-electron chi connectivity index (χ2n) is 11.1. The molecule has 4 heteroatoms. The van der Waals surface area contributed by atoms with Crippen LogP contribution in [0, 0.1) is 13.8 Å². The summed E-state index contributed by atoms with van der Waals surface area (Å²) >= 11 is 0. The lowest BCUT2D eigenvalue weighted by Gasteiger charge is -2.43. The Hall–Kier alpha value is -2.20. The molecular weight excluding hydrogens is 420 g/mol. The fourth-order valence-electron chi connectivity index (χ4n) is 5.88. The van der Waals surface area contributed by atoms with Crippen LogP contribution in [0.3, 0.4) is 0 Å². The minimum Gasteiger partial charge on any atom is -0.542 e. The standard InChI is InChI=1S/C29H44N2OSi/c1-18(2)25-16-24(12-14-28(25)32-33(19(3)4,20(5)6)21(7)8)17-31-23(10)15-26-27(30)13-11-22(9)29(26)31/h11-16,18-21H,17,30H2,1-10H3. The smallest absolute Gasteiger partial charge is 0.258 e. The zero-order chi connectivity index (χ0) is 24.7. The van der Waals surface area contributed by atoms with E-state index in [1.54, 1.807) is 0 Å². The number of anilines is 1. The van der Waals surface area contributed by atoms with Gasteiger partial charge in [0.25, 0.3) is 8.32 Å². The molecule has 0 atom stereocenters. The van der Waals surface area contributed by atoms with Crippen molar-refractivity contribution in [2.45, 2.75) is 98.3 Å². The fourth-order valence-corrected chi connectivity index (χ4v) is 11.2. The molecule has 3 aromatic rings. The predicted octanol–water partition coefficient (Wildman–Crippen LogP) is 8.57. The molecule has 33 heavy (non-hydrogen) atoms. The second kappa shape index (κ2) is 9.58. The van der Waals surface area contributed by atoms with Gasteiger partial charge in [0.2, 0.25) is 0 Å². The van der Waals surface area contributed by atoms with Crippen LogP contribution in [-0.2, 0) is 6.54 Å². The highest BCUT2D eigenvalue weighted by molar-refractivity contribution is 6.78. The Labute approximate surface area is 202 Å². The highest BCUT2D eigenvalue weighted by Gasteiger charge is 2.47. The highest BCUT2D eigenvalue weighted by Crippen LogP contribution is 2.44. The molecule has 0 saturated heterocycles. The first-order valence-corrected chi connectivity index (χ1v) is 14.7. The van der Waals surface area contributed by atoms with Crippen molar-refractivity contribution in [1.29, 1.82) is 0 Å². The Morgan fingerprint density at radius 3 is 2.00 bits per heavy atom. The van der Waals surface area contributed by atoms with Gasteiger partial charge in [0, 0.05) is 23.3 Å². The van der Waals surface area contributed by atoms with Crippen molar-refractivity contribution >= 4 is 24.9 Å². The van der Waals surface area contributed by atoms with Crippen molar-refractivity contribution in [3.05, 3.63) is 58.8 Å². The quantitative estimate of drug-likeness (QED) is 0.268. The van der Waals surface area contributed by atoms with E-state index in [2.05, 4.69) is 104 Å². The van der Waals surface area contributed by atoms with Gasteiger partial charge in [-0.1, -0.05) is 73.6 Å². The highest BCUT2D eigenvalue weighted by atomic mass is 28.4. The average Bonchev–Trinajstić information content (AvgIpc) is 3.06. The van der Waals surface area contributed by atoms with Crippen LogP contribution in [0.25, 0.3) is 10.9 Å². The van der Waals surface area contributed by atoms with Crippen molar-refractivity contribution in [3.8, 4) is 5.75 Å². The third kappa shape index (κ3) is 4.59. The lowest BCUT2D eigenvalue weighted by Crippen LogP contribution is -2.50. The molecular formula is C29H44N2OSi. The molecule has 3 nitrogen and oxygen atoms in total. The third-order valence-corrected chi connectivity index (χ3v) is 13.5. The molecule has 3 rings (SSSR count). The lowest BCUT2D eigenvalue weighted by molar-refractivity contribution is 0.472. The molecule has 1 aromatic heterocycles. The number of benzene rings is 2. The maximum Gasteiger partial charge on any atom is 0.258 e. The Bertz CT molecular complexity index is 1100. The predicted molar refractivity (Wildman–Crippen MR) is 147 cm³/mol. The first-order valence-electron chi connectivity index (χ1n) is 12.6. The van der Waals surface area contributed by atoms with Gasteiger partial charge in [0.05, 0.1) is 5.52 Å². The second-order valence-corrected chi connectivity index (χ2v) is 16.4. The van der Waals surface area contributed by atoms with Crippen LogP contribution in [0.1, 0.15) is 83.7 Å². The molecule has 0 fully saturated rings. The monoisotopic (exact) mass is 464 g/mol. The largest absolute Gasteiger partial charge is 0.542 e. The molecule has 0 aliphatic rings. The molecule has 0 spiro atoms. The molecule has 2 aromatic carbocycles. The summed E-state index contributed by atoms with van der Waals surface area (Å²) in [5, 5.41) is 1.15. The molecule has 0 aliphatic carbocycles. The normalized spacial score (nSPS) is 12.7. The number of rotatable bonds is 8. The minimum atomic E-state index is -2.00. The first kappa shape index (κ1) is 25.4. The van der Waals surface area contributed by atoms with Crippen molar-refractivity contribution < 1.29 is 4.43 Å². The molecule has 0 amide bonds. The van der Waals surface area contributed by atoms with Gasteiger partial charge in [-0.3, -0.25) is 0 Å². The maximum atomic E-state index is 7.11. The SMILES string of the molecule is Cc1ccc(N)c2cc(C)n(Cc3ccc(O[Si](C(C)C)(C(C)C)C(C)C)c(C(C)C)c3)c12. The Kier molecular flexibility index (Phi) is 7.38. The Balaban J connectivity index is 2.06. The van der Waals surface area contributed by atoms with Crippen molar-refractivity contribution in [2.75, 3.05) is 5.73 Å². The van der Waals surface area contributed by atoms with Gasteiger partial charge in [-0.15, -0.1) is 0 Å². The van der Waals surface area contributed by atoms with E-state index in [4.69, 9.17) is 10.2 Å². The minimum absolute atomic E-state index is 0.401. The summed E-state index contributed by atoms with van der Waals surface area (Å²) in [6.45, 7) is 23.8. The van der Waals surface area contributed by atoms with Crippen molar-refractivity contribution in [1.82, 2.24) is 4.57 Å². The molecule has 0 aliphatic heterocycles. The average molecular weight is 465 g/mol. The van der Waals surface area contributed by atoms with Gasteiger partial charge in [-0.05, 0) is 71.3 Å². The summed E-state index contributed by atoms with van der Waals surface area (Å²) in [4.78, 5) is 0. The van der Waals surface area contributed by atoms with Crippen LogP contribution in [0.4, 0.5) is 5.69 Å². The molecule has 2 N–H and O–H groups in total. The van der Waals surface area contributed by atoms with Gasteiger partial charge < -0.3 is 14.7 Å². The number of nitrogens with zero attached hydrogens (tertiary/aromatic N) is 1. The van der Waals surface area contributed by atoms with E-state index in [-0.39, 0.29) is 0 Å². The topological polar surface area (TPSA) is 40.2 Å². The van der Waals surface area contributed by atoms with E-state index < -0.39 is 8.32 Å². The Morgan fingerprint density at radius 1 is 0.848 bits per heavy atom. The van der Waals surface area contributed by atoms with E-state index in [0.29, 0.717) is 22.5 Å². The number of aryl methyl sites for hydroxylation is 2. The van der Waals surface area contributed by atoms with Crippen LogP contribution in [0.5, 0.6) is 5.75 Å². The number of nitrogen functional groups attached to an aromatic ring is 1. The summed E-state index contributed by atoms with van der Waals surface area (Å²) in [5.41, 5.74) is 15.2. The zero-order valence-corrected chi connectivity index (χ0v) is 23.4. The third-order valence-electron chi connectivity index (χ3n) is 7.53. The summed E-state index contributed by atoms with van der Waals surface area (Å²) in [5.74, 6) is 1.49. The van der Waals surface area contributed by atoms with E-state index in [0.717, 1.165) is 23.4 Å². The van der Waals surface area contributed by atoms with Gasteiger partial charge in [0.1, 0.15) is 5.75 Å². The van der Waals surface area contributed by atoms with Crippen LogP contribution >= 0.6 is 0 Å². The fraction of sp³-hybridized carbons (Fsp3) is 0.517. The van der Waals surface area contributed by atoms with Gasteiger partial charge in [-0.25, -0.2) is 0 Å². The molecule has 180 valence electrons. The number of fused-ring (bicyclic) bond motifs is 1. The van der Waals surface area contributed by atoms with E-state index in [1.165, 1.54) is 27.9 Å². The summed E-state index contributed by atoms with van der Waals surface area (Å²) < 4.78 is 9.51. The van der Waals surface area contributed by atoms with Crippen LogP contribution in [0.2, 0.25) is 16.6 Å². The van der Waals surface area contributed by atoms with Crippen molar-refractivity contribution in [2.24, 2.45) is 0 Å². The van der Waals surface area contributed by atoms with E-state index in [1.807, 2.05) is 6.07 Å². The zero-order valence-electron chi connectivity index (χ0n) is 22.4. The summed E-state index contributed by atoms with van der Waals surface area (Å²) in [6, 6.07) is 13.2. The van der Waals surface area contributed by atoms with Crippen LogP contribution < -0.4 is 10.2 Å². The summed E-state index contributed by atoms with van der Waals surface area (Å²) in [6.07, 6.45) is 0.